The van der Waals surface area contributed by atoms with Gasteiger partial charge in [0.1, 0.15) is 0 Å². The van der Waals surface area contributed by atoms with Crippen molar-refractivity contribution in [2.75, 3.05) is 0 Å². The molecule has 0 atom stereocenters. The molecule has 0 radical (unpaired) electrons. The SMILES string of the molecule is c1ccc2cc(-c3nc(-c4ccc5c(ccc6ccccc65)c4)nc(-c4ccc5c(ccc6ccccc65)c4)n3)ccc2c1. The van der Waals surface area contributed by atoms with Crippen molar-refractivity contribution in [3.8, 4) is 34.2 Å². The summed E-state index contributed by atoms with van der Waals surface area (Å²) in [5.74, 6) is 1.98. The van der Waals surface area contributed by atoms with Gasteiger partial charge in [-0.1, -0.05) is 133 Å². The fourth-order valence-electron chi connectivity index (χ4n) is 6.40. The molecule has 0 saturated heterocycles. The summed E-state index contributed by atoms with van der Waals surface area (Å²) in [6.07, 6.45) is 0. The molecule has 0 N–H and O–H groups in total. The van der Waals surface area contributed by atoms with Gasteiger partial charge in [0.2, 0.25) is 0 Å². The van der Waals surface area contributed by atoms with Gasteiger partial charge in [-0.3, -0.25) is 0 Å². The molecule has 0 unspecified atom stereocenters. The van der Waals surface area contributed by atoms with Crippen LogP contribution in [0, 0.1) is 0 Å². The first-order valence-electron chi connectivity index (χ1n) is 14.9. The van der Waals surface area contributed by atoms with E-state index in [-0.39, 0.29) is 0 Å². The van der Waals surface area contributed by atoms with Crippen LogP contribution in [-0.2, 0) is 0 Å². The number of rotatable bonds is 3. The summed E-state index contributed by atoms with van der Waals surface area (Å²) in [4.78, 5) is 15.2. The van der Waals surface area contributed by atoms with Crippen LogP contribution in [0.2, 0.25) is 0 Å². The summed E-state index contributed by atoms with van der Waals surface area (Å²) in [7, 11) is 0. The van der Waals surface area contributed by atoms with E-state index in [1.165, 1.54) is 37.7 Å². The van der Waals surface area contributed by atoms with Crippen LogP contribution < -0.4 is 0 Å². The van der Waals surface area contributed by atoms with Crippen molar-refractivity contribution in [3.63, 3.8) is 0 Å². The molecule has 0 bridgehead atoms. The van der Waals surface area contributed by atoms with Gasteiger partial charge in [0.05, 0.1) is 0 Å². The summed E-state index contributed by atoms with van der Waals surface area (Å²) in [6.45, 7) is 0. The molecule has 204 valence electrons. The first kappa shape index (κ1) is 24.6. The lowest BCUT2D eigenvalue weighted by atomic mass is 9.99. The van der Waals surface area contributed by atoms with Gasteiger partial charge in [0.15, 0.2) is 17.5 Å². The third kappa shape index (κ3) is 4.10. The second-order valence-electron chi connectivity index (χ2n) is 11.3. The van der Waals surface area contributed by atoms with E-state index in [9.17, 15) is 0 Å². The summed E-state index contributed by atoms with van der Waals surface area (Å²) >= 11 is 0. The van der Waals surface area contributed by atoms with Gasteiger partial charge in [0, 0.05) is 16.7 Å². The number of fused-ring (bicyclic) bond motifs is 7. The Morgan fingerprint density at radius 2 is 0.591 bits per heavy atom. The number of hydrogen-bond acceptors (Lipinski definition) is 3. The molecule has 3 heteroatoms. The minimum absolute atomic E-state index is 0.659. The van der Waals surface area contributed by atoms with Crippen molar-refractivity contribution in [1.29, 1.82) is 0 Å². The Morgan fingerprint density at radius 1 is 0.250 bits per heavy atom. The van der Waals surface area contributed by atoms with E-state index in [2.05, 4.69) is 152 Å². The van der Waals surface area contributed by atoms with Gasteiger partial charge < -0.3 is 0 Å². The maximum absolute atomic E-state index is 5.08. The second-order valence-corrected chi connectivity index (χ2v) is 11.3. The normalized spacial score (nSPS) is 11.6. The molecule has 0 saturated carbocycles. The minimum Gasteiger partial charge on any atom is -0.208 e. The monoisotopic (exact) mass is 559 g/mol. The Balaban J connectivity index is 1.25. The standard InChI is InChI=1S/C41H25N3/c1-2-10-29-23-32(18-13-26(29)7-1)39-42-40(33-19-21-37-30(24-33)16-14-27-8-3-5-11-35(27)37)44-41(43-39)34-20-22-38-31(25-34)17-15-28-9-4-6-12-36(28)38/h1-25H. The van der Waals surface area contributed by atoms with Crippen molar-refractivity contribution >= 4 is 53.9 Å². The molecule has 9 aromatic rings. The highest BCUT2D eigenvalue weighted by Gasteiger charge is 2.14. The van der Waals surface area contributed by atoms with Gasteiger partial charge in [-0.2, -0.15) is 0 Å². The molecule has 0 aliphatic heterocycles. The fourth-order valence-corrected chi connectivity index (χ4v) is 6.40. The first-order chi connectivity index (χ1) is 21.8. The first-order valence-corrected chi connectivity index (χ1v) is 14.9. The lowest BCUT2D eigenvalue weighted by Crippen LogP contribution is -2.00. The van der Waals surface area contributed by atoms with E-state index in [1.807, 2.05) is 0 Å². The van der Waals surface area contributed by atoms with Crippen LogP contribution in [0.1, 0.15) is 0 Å². The number of nitrogens with zero attached hydrogens (tertiary/aromatic N) is 3. The number of hydrogen-bond donors (Lipinski definition) is 0. The molecule has 1 heterocycles. The van der Waals surface area contributed by atoms with E-state index in [4.69, 9.17) is 15.0 Å². The van der Waals surface area contributed by atoms with Crippen molar-refractivity contribution in [2.24, 2.45) is 0 Å². The van der Waals surface area contributed by atoms with E-state index in [0.29, 0.717) is 17.5 Å². The quantitative estimate of drug-likeness (QED) is 0.202. The topological polar surface area (TPSA) is 38.7 Å². The maximum Gasteiger partial charge on any atom is 0.164 e. The number of aromatic nitrogens is 3. The Morgan fingerprint density at radius 3 is 1.11 bits per heavy atom. The summed E-state index contributed by atoms with van der Waals surface area (Å²) < 4.78 is 0. The van der Waals surface area contributed by atoms with E-state index in [1.54, 1.807) is 0 Å². The molecule has 1 aromatic heterocycles. The van der Waals surface area contributed by atoms with E-state index < -0.39 is 0 Å². The fraction of sp³-hybridized carbons (Fsp3) is 0. The molecule has 0 aliphatic carbocycles. The molecular weight excluding hydrogens is 534 g/mol. The van der Waals surface area contributed by atoms with Crippen LogP contribution in [-0.4, -0.2) is 15.0 Å². The molecule has 0 fully saturated rings. The lowest BCUT2D eigenvalue weighted by molar-refractivity contribution is 1.08. The molecular formula is C41H25N3. The van der Waals surface area contributed by atoms with Gasteiger partial charge in [0.25, 0.3) is 0 Å². The lowest BCUT2D eigenvalue weighted by Gasteiger charge is -2.11. The maximum atomic E-state index is 5.08. The van der Waals surface area contributed by atoms with Crippen LogP contribution in [0.15, 0.2) is 152 Å². The molecule has 44 heavy (non-hydrogen) atoms. The van der Waals surface area contributed by atoms with E-state index in [0.717, 1.165) is 32.8 Å². The highest BCUT2D eigenvalue weighted by molar-refractivity contribution is 6.09. The molecule has 0 amide bonds. The Bertz CT molecular complexity index is 2430. The predicted molar refractivity (Wildman–Crippen MR) is 184 cm³/mol. The smallest absolute Gasteiger partial charge is 0.164 e. The minimum atomic E-state index is 0.659. The molecule has 8 aromatic carbocycles. The average Bonchev–Trinajstić information content (AvgIpc) is 3.10. The zero-order valence-corrected chi connectivity index (χ0v) is 23.8. The number of benzene rings is 8. The van der Waals surface area contributed by atoms with Gasteiger partial charge in [-0.25, -0.2) is 15.0 Å². The third-order valence-corrected chi connectivity index (χ3v) is 8.65. The molecule has 0 spiro atoms. The molecule has 3 nitrogen and oxygen atoms in total. The van der Waals surface area contributed by atoms with Crippen molar-refractivity contribution in [2.45, 2.75) is 0 Å². The zero-order chi connectivity index (χ0) is 29.0. The highest BCUT2D eigenvalue weighted by Crippen LogP contribution is 2.33. The summed E-state index contributed by atoms with van der Waals surface area (Å²) in [6, 6.07) is 53.5. The highest BCUT2D eigenvalue weighted by atomic mass is 15.0. The van der Waals surface area contributed by atoms with Crippen LogP contribution in [0.5, 0.6) is 0 Å². The van der Waals surface area contributed by atoms with Crippen LogP contribution >= 0.6 is 0 Å². The zero-order valence-electron chi connectivity index (χ0n) is 23.8. The van der Waals surface area contributed by atoms with Gasteiger partial charge in [-0.05, 0) is 72.1 Å². The Kier molecular flexibility index (Phi) is 5.50. The predicted octanol–water partition coefficient (Wildman–Crippen LogP) is 10.6. The summed E-state index contributed by atoms with van der Waals surface area (Å²) in [5.41, 5.74) is 2.89. The average molecular weight is 560 g/mol. The van der Waals surface area contributed by atoms with Crippen molar-refractivity contribution in [1.82, 2.24) is 15.0 Å². The van der Waals surface area contributed by atoms with Crippen molar-refractivity contribution in [3.05, 3.63) is 152 Å². The Hall–Kier alpha value is -5.93. The molecule has 9 rings (SSSR count). The Labute approximate surface area is 254 Å². The summed E-state index contributed by atoms with van der Waals surface area (Å²) in [5, 5.41) is 12.1. The van der Waals surface area contributed by atoms with Crippen LogP contribution in [0.4, 0.5) is 0 Å². The van der Waals surface area contributed by atoms with Crippen molar-refractivity contribution < 1.29 is 0 Å². The third-order valence-electron chi connectivity index (χ3n) is 8.65. The van der Waals surface area contributed by atoms with Crippen LogP contribution in [0.25, 0.3) is 88.0 Å². The van der Waals surface area contributed by atoms with E-state index >= 15 is 0 Å². The van der Waals surface area contributed by atoms with Gasteiger partial charge in [-0.15, -0.1) is 0 Å². The van der Waals surface area contributed by atoms with Crippen LogP contribution in [0.3, 0.4) is 0 Å². The largest absolute Gasteiger partial charge is 0.208 e. The molecule has 0 aliphatic rings. The second kappa shape index (κ2) is 9.82. The van der Waals surface area contributed by atoms with Gasteiger partial charge >= 0.3 is 0 Å².